The van der Waals surface area contributed by atoms with Gasteiger partial charge in [0.1, 0.15) is 5.82 Å². The van der Waals surface area contributed by atoms with Crippen LogP contribution >= 0.6 is 0 Å². The summed E-state index contributed by atoms with van der Waals surface area (Å²) in [5.41, 5.74) is 1.02. The van der Waals surface area contributed by atoms with E-state index in [9.17, 15) is 4.79 Å². The van der Waals surface area contributed by atoms with Crippen molar-refractivity contribution < 1.29 is 9.90 Å². The Bertz CT molecular complexity index is 633. The Hall–Kier alpha value is -2.17. The summed E-state index contributed by atoms with van der Waals surface area (Å²) < 4.78 is 1.94. The topological polar surface area (TPSA) is 68.0 Å². The van der Waals surface area contributed by atoms with Crippen LogP contribution in [0, 0.1) is 0 Å². The van der Waals surface area contributed by atoms with Crippen molar-refractivity contribution in [2.75, 3.05) is 0 Å². The van der Waals surface area contributed by atoms with E-state index in [1.54, 1.807) is 18.2 Å². The standard InChI is InChI=1S/C14H15N3O2/c1-9-4-3-7-17-13(9)15-12(16-17)10-5-2-6-11(8-10)14(18)19/h2,5-6,8-9H,3-4,7H2,1H3,(H,18,19). The van der Waals surface area contributed by atoms with Crippen molar-refractivity contribution in [2.24, 2.45) is 0 Å². The molecule has 1 aromatic heterocycles. The lowest BCUT2D eigenvalue weighted by Crippen LogP contribution is -2.14. The number of carboxylic acids is 1. The molecule has 0 bridgehead atoms. The third-order valence-electron chi connectivity index (χ3n) is 3.52. The van der Waals surface area contributed by atoms with Gasteiger partial charge in [-0.15, -0.1) is 0 Å². The predicted molar refractivity (Wildman–Crippen MR) is 70.1 cm³/mol. The first-order valence-corrected chi connectivity index (χ1v) is 6.43. The molecule has 0 amide bonds. The molecule has 1 aliphatic heterocycles. The van der Waals surface area contributed by atoms with Crippen molar-refractivity contribution in [3.8, 4) is 11.4 Å². The highest BCUT2D eigenvalue weighted by atomic mass is 16.4. The van der Waals surface area contributed by atoms with Crippen molar-refractivity contribution in [1.29, 1.82) is 0 Å². The number of rotatable bonds is 2. The van der Waals surface area contributed by atoms with E-state index in [1.807, 2.05) is 10.7 Å². The Morgan fingerprint density at radius 3 is 3.05 bits per heavy atom. The van der Waals surface area contributed by atoms with E-state index in [1.165, 1.54) is 0 Å². The van der Waals surface area contributed by atoms with Crippen LogP contribution in [0.3, 0.4) is 0 Å². The Labute approximate surface area is 110 Å². The van der Waals surface area contributed by atoms with Crippen molar-refractivity contribution in [1.82, 2.24) is 14.8 Å². The van der Waals surface area contributed by atoms with E-state index in [-0.39, 0.29) is 5.56 Å². The summed E-state index contributed by atoms with van der Waals surface area (Å²) in [6.07, 6.45) is 2.25. The summed E-state index contributed by atoms with van der Waals surface area (Å²) in [7, 11) is 0. The number of carbonyl (C=O) groups is 1. The molecule has 19 heavy (non-hydrogen) atoms. The van der Waals surface area contributed by atoms with Crippen LogP contribution in [0.2, 0.25) is 0 Å². The molecule has 5 heteroatoms. The summed E-state index contributed by atoms with van der Waals surface area (Å²) in [6.45, 7) is 3.04. The summed E-state index contributed by atoms with van der Waals surface area (Å²) in [5.74, 6) is 1.10. The average Bonchev–Trinajstić information content (AvgIpc) is 2.84. The van der Waals surface area contributed by atoms with Gasteiger partial charge in [0.05, 0.1) is 5.56 Å². The van der Waals surface area contributed by atoms with Gasteiger partial charge in [-0.3, -0.25) is 0 Å². The fraction of sp³-hybridized carbons (Fsp3) is 0.357. The van der Waals surface area contributed by atoms with Gasteiger partial charge in [0.25, 0.3) is 0 Å². The maximum absolute atomic E-state index is 11.0. The average molecular weight is 257 g/mol. The molecule has 2 heterocycles. The third-order valence-corrected chi connectivity index (χ3v) is 3.52. The fourth-order valence-corrected chi connectivity index (χ4v) is 2.47. The first-order chi connectivity index (χ1) is 9.15. The molecule has 0 spiro atoms. The summed E-state index contributed by atoms with van der Waals surface area (Å²) in [4.78, 5) is 15.5. The summed E-state index contributed by atoms with van der Waals surface area (Å²) in [6, 6.07) is 6.76. The van der Waals surface area contributed by atoms with E-state index in [2.05, 4.69) is 17.0 Å². The number of aromatic nitrogens is 3. The number of aryl methyl sites for hydroxylation is 1. The van der Waals surface area contributed by atoms with E-state index in [0.29, 0.717) is 11.7 Å². The SMILES string of the molecule is CC1CCCn2nc(-c3cccc(C(=O)O)c3)nc21. The fourth-order valence-electron chi connectivity index (χ4n) is 2.47. The minimum Gasteiger partial charge on any atom is -0.478 e. The zero-order valence-corrected chi connectivity index (χ0v) is 10.7. The maximum Gasteiger partial charge on any atom is 0.335 e. The molecule has 98 valence electrons. The highest BCUT2D eigenvalue weighted by Gasteiger charge is 2.21. The number of hydrogen-bond donors (Lipinski definition) is 1. The van der Waals surface area contributed by atoms with Gasteiger partial charge in [-0.2, -0.15) is 5.10 Å². The second kappa shape index (κ2) is 4.50. The molecule has 1 atom stereocenters. The Morgan fingerprint density at radius 2 is 2.32 bits per heavy atom. The molecule has 1 aromatic carbocycles. The van der Waals surface area contributed by atoms with Gasteiger partial charge < -0.3 is 5.11 Å². The zero-order valence-electron chi connectivity index (χ0n) is 10.7. The minimum atomic E-state index is -0.931. The quantitative estimate of drug-likeness (QED) is 0.897. The van der Waals surface area contributed by atoms with Crippen molar-refractivity contribution >= 4 is 5.97 Å². The molecule has 1 N–H and O–H groups in total. The molecule has 0 saturated heterocycles. The second-order valence-electron chi connectivity index (χ2n) is 4.95. The van der Waals surface area contributed by atoms with Gasteiger partial charge in [-0.1, -0.05) is 19.1 Å². The molecular formula is C14H15N3O2. The maximum atomic E-state index is 11.0. The van der Waals surface area contributed by atoms with Gasteiger partial charge in [0.2, 0.25) is 0 Å². The van der Waals surface area contributed by atoms with E-state index >= 15 is 0 Å². The van der Waals surface area contributed by atoms with Crippen molar-refractivity contribution in [3.05, 3.63) is 35.7 Å². The van der Waals surface area contributed by atoms with Crippen LogP contribution in [0.4, 0.5) is 0 Å². The highest BCUT2D eigenvalue weighted by Crippen LogP contribution is 2.27. The van der Waals surface area contributed by atoms with E-state index < -0.39 is 5.97 Å². The van der Waals surface area contributed by atoms with Crippen molar-refractivity contribution in [2.45, 2.75) is 32.2 Å². The van der Waals surface area contributed by atoms with Crippen LogP contribution in [-0.2, 0) is 6.54 Å². The Balaban J connectivity index is 2.03. The molecule has 1 unspecified atom stereocenters. The molecule has 0 saturated carbocycles. The van der Waals surface area contributed by atoms with Crippen LogP contribution in [0.5, 0.6) is 0 Å². The number of hydrogen-bond acceptors (Lipinski definition) is 3. The number of aromatic carboxylic acids is 1. The monoisotopic (exact) mass is 257 g/mol. The largest absolute Gasteiger partial charge is 0.478 e. The second-order valence-corrected chi connectivity index (χ2v) is 4.95. The van der Waals surface area contributed by atoms with Gasteiger partial charge in [-0.25, -0.2) is 14.5 Å². The molecule has 2 aromatic rings. The first-order valence-electron chi connectivity index (χ1n) is 6.43. The zero-order chi connectivity index (χ0) is 13.4. The molecule has 0 radical (unpaired) electrons. The normalized spacial score (nSPS) is 18.1. The number of fused-ring (bicyclic) bond motifs is 1. The molecule has 0 aliphatic carbocycles. The summed E-state index contributed by atoms with van der Waals surface area (Å²) >= 11 is 0. The summed E-state index contributed by atoms with van der Waals surface area (Å²) in [5, 5.41) is 13.5. The lowest BCUT2D eigenvalue weighted by molar-refractivity contribution is 0.0697. The molecule has 0 fully saturated rings. The Kier molecular flexibility index (Phi) is 2.81. The van der Waals surface area contributed by atoms with E-state index in [4.69, 9.17) is 5.11 Å². The van der Waals surface area contributed by atoms with Crippen LogP contribution in [-0.4, -0.2) is 25.8 Å². The smallest absolute Gasteiger partial charge is 0.335 e. The van der Waals surface area contributed by atoms with Crippen LogP contribution < -0.4 is 0 Å². The van der Waals surface area contributed by atoms with Gasteiger partial charge in [0, 0.05) is 18.0 Å². The molecular weight excluding hydrogens is 242 g/mol. The lowest BCUT2D eigenvalue weighted by Gasteiger charge is -2.17. The van der Waals surface area contributed by atoms with Gasteiger partial charge in [-0.05, 0) is 25.0 Å². The van der Waals surface area contributed by atoms with E-state index in [0.717, 1.165) is 30.8 Å². The van der Waals surface area contributed by atoms with Gasteiger partial charge in [0.15, 0.2) is 5.82 Å². The molecule has 5 nitrogen and oxygen atoms in total. The van der Waals surface area contributed by atoms with Crippen molar-refractivity contribution in [3.63, 3.8) is 0 Å². The van der Waals surface area contributed by atoms with Crippen LogP contribution in [0.1, 0.15) is 41.9 Å². The minimum absolute atomic E-state index is 0.262. The Morgan fingerprint density at radius 1 is 1.47 bits per heavy atom. The number of carboxylic acid groups (broad SMARTS) is 1. The van der Waals surface area contributed by atoms with Crippen LogP contribution in [0.25, 0.3) is 11.4 Å². The number of benzene rings is 1. The lowest BCUT2D eigenvalue weighted by atomic mass is 10.0. The predicted octanol–water partition coefficient (Wildman–Crippen LogP) is 2.54. The highest BCUT2D eigenvalue weighted by molar-refractivity contribution is 5.89. The first kappa shape index (κ1) is 11.9. The van der Waals surface area contributed by atoms with Gasteiger partial charge >= 0.3 is 5.97 Å². The molecule has 3 rings (SSSR count). The molecule has 1 aliphatic rings. The van der Waals surface area contributed by atoms with Crippen LogP contribution in [0.15, 0.2) is 24.3 Å². The third kappa shape index (κ3) is 2.12. The number of nitrogens with zero attached hydrogens (tertiary/aromatic N) is 3.